The van der Waals surface area contributed by atoms with Crippen LogP contribution in [-0.4, -0.2) is 36.5 Å². The second-order valence-electron chi connectivity index (χ2n) is 5.45. The van der Waals surface area contributed by atoms with Crippen LogP contribution in [0.4, 0.5) is 0 Å². The van der Waals surface area contributed by atoms with Crippen molar-refractivity contribution in [1.29, 1.82) is 0 Å². The highest BCUT2D eigenvalue weighted by atomic mass is 16.2. The van der Waals surface area contributed by atoms with Crippen molar-refractivity contribution in [2.24, 2.45) is 5.92 Å². The Bertz CT molecular complexity index is 248. The van der Waals surface area contributed by atoms with Gasteiger partial charge in [-0.15, -0.1) is 0 Å². The van der Waals surface area contributed by atoms with Crippen LogP contribution in [-0.2, 0) is 4.79 Å². The van der Waals surface area contributed by atoms with Crippen molar-refractivity contribution >= 4 is 5.91 Å². The van der Waals surface area contributed by atoms with E-state index in [4.69, 9.17) is 0 Å². The van der Waals surface area contributed by atoms with Crippen molar-refractivity contribution in [2.45, 2.75) is 57.5 Å². The lowest BCUT2D eigenvalue weighted by Crippen LogP contribution is -2.45. The molecule has 0 spiro atoms. The minimum absolute atomic E-state index is 0.0851. The predicted molar refractivity (Wildman–Crippen MR) is 65.2 cm³/mol. The fourth-order valence-corrected chi connectivity index (χ4v) is 3.06. The van der Waals surface area contributed by atoms with Crippen molar-refractivity contribution < 1.29 is 4.79 Å². The van der Waals surface area contributed by atoms with Crippen molar-refractivity contribution in [3.8, 4) is 0 Å². The van der Waals surface area contributed by atoms with Gasteiger partial charge in [-0.25, -0.2) is 0 Å². The Morgan fingerprint density at radius 3 is 2.50 bits per heavy atom. The van der Waals surface area contributed by atoms with Gasteiger partial charge in [0.2, 0.25) is 5.91 Å². The third-order valence-electron chi connectivity index (χ3n) is 4.25. The largest absolute Gasteiger partial charge is 0.344 e. The SMILES string of the molecule is C[C@H](NC1CCN(C)C1=O)C1CCCCC1. The fourth-order valence-electron chi connectivity index (χ4n) is 3.06. The van der Waals surface area contributed by atoms with Crippen LogP contribution >= 0.6 is 0 Å². The first kappa shape index (κ1) is 11.9. The Hall–Kier alpha value is -0.570. The minimum atomic E-state index is 0.0851. The molecule has 3 heteroatoms. The van der Waals surface area contributed by atoms with Gasteiger partial charge >= 0.3 is 0 Å². The standard InChI is InChI=1S/C13H24N2O/c1-10(11-6-4-3-5-7-11)14-12-8-9-15(2)13(12)16/h10-12,14H,3-9H2,1-2H3/t10-,12?/m0/s1. The van der Waals surface area contributed by atoms with E-state index in [2.05, 4.69) is 12.2 Å². The molecule has 1 aliphatic heterocycles. The first-order chi connectivity index (χ1) is 7.68. The highest BCUT2D eigenvalue weighted by Gasteiger charge is 2.31. The zero-order valence-electron chi connectivity index (χ0n) is 10.5. The second-order valence-corrected chi connectivity index (χ2v) is 5.45. The van der Waals surface area contributed by atoms with Crippen LogP contribution in [0.2, 0.25) is 0 Å². The number of likely N-dealkylation sites (tertiary alicyclic amines) is 1. The zero-order chi connectivity index (χ0) is 11.5. The lowest BCUT2D eigenvalue weighted by molar-refractivity contribution is -0.128. The van der Waals surface area contributed by atoms with Crippen LogP contribution in [0.1, 0.15) is 45.4 Å². The van der Waals surface area contributed by atoms with E-state index in [-0.39, 0.29) is 11.9 Å². The molecular weight excluding hydrogens is 200 g/mol. The second kappa shape index (κ2) is 5.17. The fraction of sp³-hybridized carbons (Fsp3) is 0.923. The zero-order valence-corrected chi connectivity index (χ0v) is 10.5. The van der Waals surface area contributed by atoms with Crippen molar-refractivity contribution in [2.75, 3.05) is 13.6 Å². The van der Waals surface area contributed by atoms with Gasteiger partial charge in [-0.1, -0.05) is 19.3 Å². The van der Waals surface area contributed by atoms with Gasteiger partial charge in [-0.3, -0.25) is 4.79 Å². The highest BCUT2D eigenvalue weighted by molar-refractivity contribution is 5.83. The van der Waals surface area contributed by atoms with Crippen LogP contribution in [0.3, 0.4) is 0 Å². The number of carbonyl (C=O) groups excluding carboxylic acids is 1. The van der Waals surface area contributed by atoms with E-state index in [1.807, 2.05) is 11.9 Å². The summed E-state index contributed by atoms with van der Waals surface area (Å²) in [5, 5.41) is 3.54. The Balaban J connectivity index is 1.82. The molecule has 1 unspecified atom stereocenters. The lowest BCUT2D eigenvalue weighted by atomic mass is 9.84. The van der Waals surface area contributed by atoms with E-state index < -0.39 is 0 Å². The lowest BCUT2D eigenvalue weighted by Gasteiger charge is -2.30. The van der Waals surface area contributed by atoms with E-state index in [1.165, 1.54) is 32.1 Å². The maximum absolute atomic E-state index is 11.8. The van der Waals surface area contributed by atoms with Crippen molar-refractivity contribution in [1.82, 2.24) is 10.2 Å². The molecule has 1 heterocycles. The van der Waals surface area contributed by atoms with Gasteiger partial charge in [-0.05, 0) is 32.1 Å². The summed E-state index contributed by atoms with van der Waals surface area (Å²) in [7, 11) is 1.90. The number of nitrogens with zero attached hydrogens (tertiary/aromatic N) is 1. The van der Waals surface area contributed by atoms with Gasteiger partial charge in [0.25, 0.3) is 0 Å². The van der Waals surface area contributed by atoms with Crippen molar-refractivity contribution in [3.63, 3.8) is 0 Å². The summed E-state index contributed by atoms with van der Waals surface area (Å²) >= 11 is 0. The molecule has 1 N–H and O–H groups in total. The molecule has 2 aliphatic rings. The third kappa shape index (κ3) is 2.57. The monoisotopic (exact) mass is 224 g/mol. The average molecular weight is 224 g/mol. The smallest absolute Gasteiger partial charge is 0.239 e. The van der Waals surface area contributed by atoms with Gasteiger partial charge in [0.05, 0.1) is 6.04 Å². The Morgan fingerprint density at radius 2 is 1.94 bits per heavy atom. The molecule has 3 nitrogen and oxygen atoms in total. The maximum atomic E-state index is 11.8. The summed E-state index contributed by atoms with van der Waals surface area (Å²) in [6, 6.07) is 0.586. The molecule has 1 saturated carbocycles. The van der Waals surface area contributed by atoms with Gasteiger partial charge < -0.3 is 10.2 Å². The average Bonchev–Trinajstić information content (AvgIpc) is 2.62. The number of hydrogen-bond acceptors (Lipinski definition) is 2. The van der Waals surface area contributed by atoms with E-state index >= 15 is 0 Å². The normalized spacial score (nSPS) is 29.8. The van der Waals surface area contributed by atoms with E-state index in [9.17, 15) is 4.79 Å². The summed E-state index contributed by atoms with van der Waals surface area (Å²) in [6.07, 6.45) is 7.79. The number of carbonyl (C=O) groups is 1. The number of hydrogen-bond donors (Lipinski definition) is 1. The van der Waals surface area contributed by atoms with Crippen LogP contribution in [0, 0.1) is 5.92 Å². The third-order valence-corrected chi connectivity index (χ3v) is 4.25. The molecule has 0 aromatic carbocycles. The topological polar surface area (TPSA) is 32.3 Å². The van der Waals surface area contributed by atoms with Crippen molar-refractivity contribution in [3.05, 3.63) is 0 Å². The summed E-state index contributed by atoms with van der Waals surface area (Å²) in [5.74, 6) is 1.06. The first-order valence-electron chi connectivity index (χ1n) is 6.69. The number of rotatable bonds is 3. The summed E-state index contributed by atoms with van der Waals surface area (Å²) in [5.41, 5.74) is 0. The minimum Gasteiger partial charge on any atom is -0.344 e. The van der Waals surface area contributed by atoms with Crippen LogP contribution < -0.4 is 5.32 Å². The predicted octanol–water partition coefficient (Wildman–Crippen LogP) is 1.78. The molecule has 0 bridgehead atoms. The molecule has 16 heavy (non-hydrogen) atoms. The molecule has 0 radical (unpaired) electrons. The quantitative estimate of drug-likeness (QED) is 0.792. The molecule has 2 rings (SSSR count). The summed E-state index contributed by atoms with van der Waals surface area (Å²) in [6.45, 7) is 3.16. The van der Waals surface area contributed by atoms with Gasteiger partial charge in [0.1, 0.15) is 0 Å². The van der Waals surface area contributed by atoms with E-state index in [0.29, 0.717) is 6.04 Å². The van der Waals surface area contributed by atoms with E-state index in [1.54, 1.807) is 0 Å². The molecule has 1 aliphatic carbocycles. The van der Waals surface area contributed by atoms with Gasteiger partial charge in [0.15, 0.2) is 0 Å². The molecule has 0 aromatic heterocycles. The molecule has 1 saturated heterocycles. The molecular formula is C13H24N2O. The number of nitrogens with one attached hydrogen (secondary N) is 1. The van der Waals surface area contributed by atoms with Gasteiger partial charge in [0, 0.05) is 19.6 Å². The molecule has 2 fully saturated rings. The van der Waals surface area contributed by atoms with E-state index in [0.717, 1.165) is 18.9 Å². The Kier molecular flexibility index (Phi) is 3.85. The maximum Gasteiger partial charge on any atom is 0.239 e. The summed E-state index contributed by atoms with van der Waals surface area (Å²) < 4.78 is 0. The van der Waals surface area contributed by atoms with Crippen LogP contribution in [0.25, 0.3) is 0 Å². The number of amides is 1. The molecule has 0 aromatic rings. The van der Waals surface area contributed by atoms with Gasteiger partial charge in [-0.2, -0.15) is 0 Å². The highest BCUT2D eigenvalue weighted by Crippen LogP contribution is 2.27. The Morgan fingerprint density at radius 1 is 1.25 bits per heavy atom. The molecule has 2 atom stereocenters. The number of likely N-dealkylation sites (N-methyl/N-ethyl adjacent to an activating group) is 1. The molecule has 1 amide bonds. The van der Waals surface area contributed by atoms with Crippen LogP contribution in [0.5, 0.6) is 0 Å². The first-order valence-corrected chi connectivity index (χ1v) is 6.69. The van der Waals surface area contributed by atoms with Crippen LogP contribution in [0.15, 0.2) is 0 Å². The molecule has 92 valence electrons. The summed E-state index contributed by atoms with van der Waals surface area (Å²) in [4.78, 5) is 13.6. The Labute approximate surface area is 98.6 Å².